The Morgan fingerprint density at radius 3 is 1.74 bits per heavy atom. The van der Waals surface area contributed by atoms with Gasteiger partial charge in [-0.15, -0.1) is 0 Å². The van der Waals surface area contributed by atoms with Gasteiger partial charge in [0.25, 0.3) is 0 Å². The fraction of sp³-hybridized carbons (Fsp3) is 0.364. The highest BCUT2D eigenvalue weighted by Gasteiger charge is 2.31. The summed E-state index contributed by atoms with van der Waals surface area (Å²) >= 11 is 0. The number of hydrogen-bond acceptors (Lipinski definition) is 7. The summed E-state index contributed by atoms with van der Waals surface area (Å²) < 4.78 is 0. The molecule has 14 heteroatoms. The lowest BCUT2D eigenvalue weighted by molar-refractivity contribution is -0.142. The van der Waals surface area contributed by atoms with Crippen LogP contribution in [0.1, 0.15) is 43.2 Å². The molecule has 3 amide bonds. The number of aromatic amines is 2. The predicted molar refractivity (Wildman–Crippen MR) is 175 cm³/mol. The lowest BCUT2D eigenvalue weighted by Gasteiger charge is -2.25. The molecule has 2 heterocycles. The van der Waals surface area contributed by atoms with E-state index >= 15 is 0 Å². The van der Waals surface area contributed by atoms with Gasteiger partial charge in [0.15, 0.2) is 0 Å². The standard InChI is InChI=1S/C33H41N7O7/c34-14-6-5-11-26(31(44)40-28(33(46)47)16-20-18-37-25-10-4-2-8-22(20)25)39-32(45)27(12-13-29(41)42)38-30(43)23(35)15-19-17-36-24-9-3-1-7-21(19)24/h1-4,7-10,17-18,23,26-28,36-37H,5-6,11-16,34-35H2,(H,38,43)(H,39,45)(H,40,44)(H,41,42)(H,46,47). The van der Waals surface area contributed by atoms with Crippen molar-refractivity contribution in [2.75, 3.05) is 6.54 Å². The van der Waals surface area contributed by atoms with Gasteiger partial charge in [0.05, 0.1) is 6.04 Å². The van der Waals surface area contributed by atoms with Crippen LogP contribution in [0.3, 0.4) is 0 Å². The monoisotopic (exact) mass is 647 g/mol. The number of hydrogen-bond donors (Lipinski definition) is 9. The zero-order valence-electron chi connectivity index (χ0n) is 25.8. The Bertz CT molecular complexity index is 1720. The Labute approximate surface area is 270 Å². The fourth-order valence-corrected chi connectivity index (χ4v) is 5.47. The molecule has 4 aromatic rings. The van der Waals surface area contributed by atoms with Crippen molar-refractivity contribution in [1.82, 2.24) is 25.9 Å². The van der Waals surface area contributed by atoms with Crippen molar-refractivity contribution in [2.45, 2.75) is 69.1 Å². The van der Waals surface area contributed by atoms with Crippen LogP contribution >= 0.6 is 0 Å². The number of rotatable bonds is 18. The summed E-state index contributed by atoms with van der Waals surface area (Å²) in [4.78, 5) is 69.8. The lowest BCUT2D eigenvalue weighted by atomic mass is 10.0. The van der Waals surface area contributed by atoms with Crippen LogP contribution in [0.5, 0.6) is 0 Å². The van der Waals surface area contributed by atoms with Gasteiger partial charge in [0.2, 0.25) is 17.7 Å². The van der Waals surface area contributed by atoms with Crippen LogP contribution < -0.4 is 27.4 Å². The number of H-pyrrole nitrogens is 2. The van der Waals surface area contributed by atoms with Crippen LogP contribution in [0.15, 0.2) is 60.9 Å². The Morgan fingerprint density at radius 1 is 0.681 bits per heavy atom. The van der Waals surface area contributed by atoms with Crippen molar-refractivity contribution < 1.29 is 34.2 Å². The number of carboxylic acid groups (broad SMARTS) is 2. The number of amides is 3. The third kappa shape index (κ3) is 9.40. The summed E-state index contributed by atoms with van der Waals surface area (Å²) in [5.74, 6) is -4.64. The van der Waals surface area contributed by atoms with E-state index < -0.39 is 60.2 Å². The van der Waals surface area contributed by atoms with E-state index in [9.17, 15) is 34.2 Å². The first-order chi connectivity index (χ1) is 22.6. The highest BCUT2D eigenvalue weighted by Crippen LogP contribution is 2.20. The van der Waals surface area contributed by atoms with E-state index in [0.717, 1.165) is 27.4 Å². The molecule has 0 spiro atoms. The van der Waals surface area contributed by atoms with Crippen LogP contribution in [0, 0.1) is 0 Å². The number of nitrogens with one attached hydrogen (secondary N) is 5. The zero-order valence-corrected chi connectivity index (χ0v) is 25.8. The molecular formula is C33H41N7O7. The van der Waals surface area contributed by atoms with E-state index in [1.807, 2.05) is 48.5 Å². The topological polar surface area (TPSA) is 246 Å². The second kappa shape index (κ2) is 16.4. The van der Waals surface area contributed by atoms with Crippen LogP contribution in [0.4, 0.5) is 0 Å². The molecule has 11 N–H and O–H groups in total. The fourth-order valence-electron chi connectivity index (χ4n) is 5.47. The largest absolute Gasteiger partial charge is 0.481 e. The number of nitrogens with two attached hydrogens (primary N) is 2. The molecule has 47 heavy (non-hydrogen) atoms. The van der Waals surface area contributed by atoms with Gasteiger partial charge in [-0.25, -0.2) is 4.79 Å². The zero-order chi connectivity index (χ0) is 33.9. The van der Waals surface area contributed by atoms with E-state index in [2.05, 4.69) is 25.9 Å². The van der Waals surface area contributed by atoms with Crippen molar-refractivity contribution in [3.8, 4) is 0 Å². The average molecular weight is 648 g/mol. The summed E-state index contributed by atoms with van der Waals surface area (Å²) in [5.41, 5.74) is 15.0. The normalized spacial score (nSPS) is 13.8. The molecule has 0 radical (unpaired) electrons. The number of carbonyl (C=O) groups excluding carboxylic acids is 3. The van der Waals surface area contributed by atoms with E-state index in [4.69, 9.17) is 11.5 Å². The van der Waals surface area contributed by atoms with E-state index in [-0.39, 0.29) is 25.7 Å². The van der Waals surface area contributed by atoms with Gasteiger partial charge in [-0.2, -0.15) is 0 Å². The first kappa shape index (κ1) is 34.7. The molecule has 2 aromatic heterocycles. The van der Waals surface area contributed by atoms with Gasteiger partial charge in [-0.05, 0) is 61.9 Å². The van der Waals surface area contributed by atoms with Gasteiger partial charge in [0, 0.05) is 47.0 Å². The molecule has 14 nitrogen and oxygen atoms in total. The minimum atomic E-state index is -1.32. The first-order valence-corrected chi connectivity index (χ1v) is 15.5. The molecule has 4 atom stereocenters. The quantitative estimate of drug-likeness (QED) is 0.0705. The maximum atomic E-state index is 13.5. The van der Waals surface area contributed by atoms with Crippen LogP contribution in [-0.2, 0) is 36.8 Å². The van der Waals surface area contributed by atoms with E-state index in [1.54, 1.807) is 12.4 Å². The molecule has 0 aliphatic heterocycles. The molecule has 0 saturated carbocycles. The summed E-state index contributed by atoms with van der Waals surface area (Å²) in [6.07, 6.45) is 3.99. The lowest BCUT2D eigenvalue weighted by Crippen LogP contribution is -2.57. The van der Waals surface area contributed by atoms with Gasteiger partial charge in [-0.1, -0.05) is 36.4 Å². The Hall–Kier alpha value is -5.21. The second-order valence-corrected chi connectivity index (χ2v) is 11.5. The van der Waals surface area contributed by atoms with Gasteiger partial charge >= 0.3 is 11.9 Å². The van der Waals surface area contributed by atoms with Gasteiger partial charge in [-0.3, -0.25) is 19.2 Å². The third-order valence-corrected chi connectivity index (χ3v) is 8.02. The number of carboxylic acids is 2. The maximum absolute atomic E-state index is 13.5. The summed E-state index contributed by atoms with van der Waals surface area (Å²) in [5, 5.41) is 28.6. The molecule has 4 unspecified atom stereocenters. The Morgan fingerprint density at radius 2 is 1.19 bits per heavy atom. The average Bonchev–Trinajstić information content (AvgIpc) is 3.65. The molecule has 0 bridgehead atoms. The van der Waals surface area contributed by atoms with Crippen LogP contribution in [0.25, 0.3) is 21.8 Å². The van der Waals surface area contributed by atoms with Crippen molar-refractivity contribution in [1.29, 1.82) is 0 Å². The van der Waals surface area contributed by atoms with Crippen LogP contribution in [-0.4, -0.2) is 80.6 Å². The molecule has 0 aliphatic rings. The smallest absolute Gasteiger partial charge is 0.326 e. The molecule has 0 saturated heterocycles. The number of carbonyl (C=O) groups is 5. The summed E-state index contributed by atoms with van der Waals surface area (Å²) in [6.45, 7) is 0.339. The van der Waals surface area contributed by atoms with Crippen LogP contribution in [0.2, 0.25) is 0 Å². The number of fused-ring (bicyclic) bond motifs is 2. The van der Waals surface area contributed by atoms with Crippen molar-refractivity contribution in [2.24, 2.45) is 11.5 Å². The number of benzene rings is 2. The predicted octanol–water partition coefficient (Wildman–Crippen LogP) is 1.29. The Kier molecular flexibility index (Phi) is 12.1. The highest BCUT2D eigenvalue weighted by atomic mass is 16.4. The van der Waals surface area contributed by atoms with Gasteiger partial charge in [0.1, 0.15) is 18.1 Å². The Balaban J connectivity index is 1.46. The molecule has 4 rings (SSSR count). The molecular weight excluding hydrogens is 606 g/mol. The van der Waals surface area contributed by atoms with Crippen molar-refractivity contribution in [3.63, 3.8) is 0 Å². The number of para-hydroxylation sites is 2. The molecule has 2 aromatic carbocycles. The first-order valence-electron chi connectivity index (χ1n) is 15.5. The molecule has 0 aliphatic carbocycles. The number of unbranched alkanes of at least 4 members (excludes halogenated alkanes) is 1. The number of aromatic nitrogens is 2. The number of aliphatic carboxylic acids is 2. The van der Waals surface area contributed by atoms with Gasteiger partial charge < -0.3 is 47.6 Å². The second-order valence-electron chi connectivity index (χ2n) is 11.5. The summed E-state index contributed by atoms with van der Waals surface area (Å²) in [7, 11) is 0. The third-order valence-electron chi connectivity index (χ3n) is 8.02. The minimum absolute atomic E-state index is 0.0137. The summed E-state index contributed by atoms with van der Waals surface area (Å²) in [6, 6.07) is 10.0. The van der Waals surface area contributed by atoms with E-state index in [0.29, 0.717) is 24.9 Å². The van der Waals surface area contributed by atoms with Crippen molar-refractivity contribution >= 4 is 51.5 Å². The SMILES string of the molecule is NCCCCC(NC(=O)C(CCC(=O)O)NC(=O)C(N)Cc1c[nH]c2ccccc12)C(=O)NC(Cc1c[nH]c2ccccc12)C(=O)O. The highest BCUT2D eigenvalue weighted by molar-refractivity contribution is 5.95. The van der Waals surface area contributed by atoms with E-state index in [1.165, 1.54) is 0 Å². The van der Waals surface area contributed by atoms with Crippen molar-refractivity contribution in [3.05, 3.63) is 72.1 Å². The maximum Gasteiger partial charge on any atom is 0.326 e. The minimum Gasteiger partial charge on any atom is -0.481 e. The molecule has 250 valence electrons. The molecule has 0 fully saturated rings.